The van der Waals surface area contributed by atoms with Crippen LogP contribution >= 0.6 is 0 Å². The molecule has 2 aliphatic heterocycles. The standard InChI is InChI=1S/C27H25F2N3O6/c28-27(29)23(36)21(16-33)38-25(27)31-15-19(20(34)13-11-17-7-3-1-4-8-17)24(30)32(26(31)37)22(35)14-12-18-9-5-2-6-10-18/h1-15,21,23-25,33,36H,16,30H2/t21-,23-,24?,25-/m1/s1. The van der Waals surface area contributed by atoms with Crippen molar-refractivity contribution in [2.45, 2.75) is 30.5 Å². The highest BCUT2D eigenvalue weighted by Gasteiger charge is 2.62. The van der Waals surface area contributed by atoms with Gasteiger partial charge in [0, 0.05) is 12.3 Å². The van der Waals surface area contributed by atoms with Crippen LogP contribution in [0.25, 0.3) is 12.2 Å². The Bertz CT molecular complexity index is 1280. The van der Waals surface area contributed by atoms with Crippen molar-refractivity contribution in [3.05, 3.63) is 95.7 Å². The molecule has 1 saturated heterocycles. The molecule has 0 radical (unpaired) electrons. The predicted octanol–water partition coefficient (Wildman–Crippen LogP) is 2.13. The van der Waals surface area contributed by atoms with E-state index in [0.717, 1.165) is 18.4 Å². The summed E-state index contributed by atoms with van der Waals surface area (Å²) in [5.41, 5.74) is 7.08. The van der Waals surface area contributed by atoms with Crippen molar-refractivity contribution in [2.24, 2.45) is 5.73 Å². The summed E-state index contributed by atoms with van der Waals surface area (Å²) >= 11 is 0. The van der Waals surface area contributed by atoms with Crippen molar-refractivity contribution in [2.75, 3.05) is 6.61 Å². The molecule has 2 aliphatic rings. The van der Waals surface area contributed by atoms with Gasteiger partial charge in [-0.25, -0.2) is 9.69 Å². The van der Waals surface area contributed by atoms with Crippen LogP contribution in [0.1, 0.15) is 11.1 Å². The topological polar surface area (TPSA) is 133 Å². The van der Waals surface area contributed by atoms with E-state index in [1.54, 1.807) is 60.7 Å². The third kappa shape index (κ3) is 5.31. The number of aliphatic hydroxyl groups is 2. The fraction of sp³-hybridized carbons (Fsp3) is 0.222. The number of nitrogens with two attached hydrogens (primary N) is 1. The number of ether oxygens (including phenoxy) is 1. The predicted molar refractivity (Wildman–Crippen MR) is 133 cm³/mol. The number of carbonyl (C=O) groups excluding carboxylic acids is 3. The average molecular weight is 526 g/mol. The average Bonchev–Trinajstić information content (AvgIpc) is 3.15. The molecule has 2 aromatic rings. The molecule has 2 aromatic carbocycles. The fourth-order valence-electron chi connectivity index (χ4n) is 4.04. The van der Waals surface area contributed by atoms with Crippen LogP contribution in [0.4, 0.5) is 13.6 Å². The van der Waals surface area contributed by atoms with Crippen molar-refractivity contribution in [1.82, 2.24) is 9.80 Å². The Morgan fingerprint density at radius 1 is 1.00 bits per heavy atom. The van der Waals surface area contributed by atoms with Gasteiger partial charge in [0.25, 0.3) is 5.91 Å². The van der Waals surface area contributed by atoms with Crippen molar-refractivity contribution < 1.29 is 38.1 Å². The number of imide groups is 1. The molecule has 0 aromatic heterocycles. The summed E-state index contributed by atoms with van der Waals surface area (Å²) in [5.74, 6) is -5.75. The van der Waals surface area contributed by atoms with E-state index in [4.69, 9.17) is 10.5 Å². The highest BCUT2D eigenvalue weighted by Crippen LogP contribution is 2.40. The number of aliphatic hydroxyl groups excluding tert-OH is 2. The second kappa shape index (κ2) is 11.2. The molecule has 9 nitrogen and oxygen atoms in total. The highest BCUT2D eigenvalue weighted by molar-refractivity contribution is 6.11. The number of allylic oxidation sites excluding steroid dienone is 1. The summed E-state index contributed by atoms with van der Waals surface area (Å²) in [4.78, 5) is 40.3. The van der Waals surface area contributed by atoms with E-state index in [-0.39, 0.29) is 5.57 Å². The molecule has 4 N–H and O–H groups in total. The summed E-state index contributed by atoms with van der Waals surface area (Å²) < 4.78 is 34.9. The third-order valence-corrected chi connectivity index (χ3v) is 6.08. The zero-order valence-corrected chi connectivity index (χ0v) is 19.9. The van der Waals surface area contributed by atoms with E-state index in [0.29, 0.717) is 20.9 Å². The molecule has 1 unspecified atom stereocenters. The van der Waals surface area contributed by atoms with E-state index >= 15 is 0 Å². The Balaban J connectivity index is 1.71. The summed E-state index contributed by atoms with van der Waals surface area (Å²) in [6.07, 6.45) is -2.34. The van der Waals surface area contributed by atoms with Crippen molar-refractivity contribution in [1.29, 1.82) is 0 Å². The molecule has 1 fully saturated rings. The normalized spacial score (nSPS) is 25.3. The SMILES string of the molecule is NC1C(C(=O)C=Cc2ccccc2)=CN([C@@H]2O[C@H](CO)[C@@H](O)C2(F)F)C(=O)N1C(=O)C=Cc1ccccc1. The van der Waals surface area contributed by atoms with Gasteiger partial charge in [0.1, 0.15) is 12.3 Å². The van der Waals surface area contributed by atoms with Gasteiger partial charge in [-0.15, -0.1) is 0 Å². The van der Waals surface area contributed by atoms with E-state index in [1.807, 2.05) is 0 Å². The maximum absolute atomic E-state index is 14.9. The summed E-state index contributed by atoms with van der Waals surface area (Å²) in [7, 11) is 0. The third-order valence-electron chi connectivity index (χ3n) is 6.08. The van der Waals surface area contributed by atoms with Crippen molar-refractivity contribution in [3.63, 3.8) is 0 Å². The van der Waals surface area contributed by atoms with E-state index in [9.17, 15) is 33.4 Å². The molecule has 4 atom stereocenters. The molecule has 11 heteroatoms. The molecule has 0 spiro atoms. The Hall–Kier alpha value is -4.03. The minimum Gasteiger partial charge on any atom is -0.394 e. The molecule has 38 heavy (non-hydrogen) atoms. The first-order chi connectivity index (χ1) is 18.1. The maximum atomic E-state index is 14.9. The van der Waals surface area contributed by atoms with Crippen LogP contribution < -0.4 is 5.73 Å². The second-order valence-corrected chi connectivity index (χ2v) is 8.61. The Labute approximate surface area is 216 Å². The summed E-state index contributed by atoms with van der Waals surface area (Å²) in [6.45, 7) is -0.952. The number of benzene rings is 2. The van der Waals surface area contributed by atoms with Gasteiger partial charge in [-0.2, -0.15) is 8.78 Å². The Kier molecular flexibility index (Phi) is 7.93. The molecule has 0 saturated carbocycles. The first-order valence-corrected chi connectivity index (χ1v) is 11.6. The van der Waals surface area contributed by atoms with Crippen molar-refractivity contribution in [3.8, 4) is 0 Å². The number of hydrogen-bond acceptors (Lipinski definition) is 7. The van der Waals surface area contributed by atoms with Crippen LogP contribution in [0.2, 0.25) is 0 Å². The minimum atomic E-state index is -4.04. The van der Waals surface area contributed by atoms with Gasteiger partial charge < -0.3 is 20.7 Å². The first-order valence-electron chi connectivity index (χ1n) is 11.6. The molecular weight excluding hydrogens is 500 g/mol. The van der Waals surface area contributed by atoms with E-state index in [2.05, 4.69) is 0 Å². The van der Waals surface area contributed by atoms with Gasteiger partial charge in [0.05, 0.1) is 12.2 Å². The lowest BCUT2D eigenvalue weighted by Crippen LogP contribution is -2.62. The summed E-state index contributed by atoms with van der Waals surface area (Å²) in [5, 5.41) is 19.3. The number of urea groups is 1. The molecule has 3 amide bonds. The van der Waals surface area contributed by atoms with Gasteiger partial charge in [0.15, 0.2) is 11.9 Å². The lowest BCUT2D eigenvalue weighted by molar-refractivity contribution is -0.151. The summed E-state index contributed by atoms with van der Waals surface area (Å²) in [6, 6.07) is 16.0. The first kappa shape index (κ1) is 27.0. The number of ketones is 1. The van der Waals surface area contributed by atoms with Gasteiger partial charge in [-0.3, -0.25) is 14.5 Å². The molecule has 0 bridgehead atoms. The number of carbonyl (C=O) groups is 3. The van der Waals surface area contributed by atoms with Crippen LogP contribution in [0.3, 0.4) is 0 Å². The fourth-order valence-corrected chi connectivity index (χ4v) is 4.04. The quantitative estimate of drug-likeness (QED) is 0.472. The van der Waals surface area contributed by atoms with Crippen molar-refractivity contribution >= 4 is 29.9 Å². The number of halogens is 2. The molecule has 4 rings (SSSR count). The number of alkyl halides is 2. The highest BCUT2D eigenvalue weighted by atomic mass is 19.3. The van der Waals surface area contributed by atoms with Crippen LogP contribution in [-0.2, 0) is 14.3 Å². The Morgan fingerprint density at radius 3 is 2.08 bits per heavy atom. The van der Waals surface area contributed by atoms with E-state index < -0.39 is 54.9 Å². The smallest absolute Gasteiger partial charge is 0.334 e. The van der Waals surface area contributed by atoms with Crippen LogP contribution in [0, 0.1) is 0 Å². The zero-order chi connectivity index (χ0) is 27.4. The molecule has 2 heterocycles. The van der Waals surface area contributed by atoms with Gasteiger partial charge in [-0.1, -0.05) is 66.7 Å². The van der Waals surface area contributed by atoms with Gasteiger partial charge in [0.2, 0.25) is 6.23 Å². The number of hydrogen-bond donors (Lipinski definition) is 3. The van der Waals surface area contributed by atoms with E-state index in [1.165, 1.54) is 12.2 Å². The maximum Gasteiger partial charge on any atom is 0.334 e. The lowest BCUT2D eigenvalue weighted by atomic mass is 10.0. The monoisotopic (exact) mass is 525 g/mol. The molecular formula is C27H25F2N3O6. The second-order valence-electron chi connectivity index (χ2n) is 8.61. The van der Waals surface area contributed by atoms with Crippen LogP contribution in [0.15, 0.2) is 84.6 Å². The minimum absolute atomic E-state index is 0.347. The Morgan fingerprint density at radius 2 is 1.55 bits per heavy atom. The van der Waals surface area contributed by atoms with Gasteiger partial charge in [-0.05, 0) is 23.3 Å². The largest absolute Gasteiger partial charge is 0.394 e. The van der Waals surface area contributed by atoms with Crippen LogP contribution in [-0.4, -0.2) is 74.9 Å². The van der Waals surface area contributed by atoms with Crippen LogP contribution in [0.5, 0.6) is 0 Å². The van der Waals surface area contributed by atoms with Gasteiger partial charge >= 0.3 is 12.0 Å². The number of rotatable bonds is 7. The number of amides is 3. The zero-order valence-electron chi connectivity index (χ0n) is 19.9. The number of nitrogens with zero attached hydrogens (tertiary/aromatic N) is 2. The lowest BCUT2D eigenvalue weighted by Gasteiger charge is -2.39. The molecule has 198 valence electrons. The molecule has 0 aliphatic carbocycles.